The van der Waals surface area contributed by atoms with Gasteiger partial charge in [0.05, 0.1) is 96.8 Å². The molecule has 0 bridgehead atoms. The molecule has 0 atom stereocenters. The Balaban J connectivity index is 1.35. The number of quaternary nitrogens is 4. The first-order valence-electron chi connectivity index (χ1n) is 18.1. The molecule has 3 aromatic carbocycles. The molecule has 0 radical (unpaired) electrons. The van der Waals surface area contributed by atoms with Crippen LogP contribution in [0.15, 0.2) is 72.8 Å². The number of unbranched alkanes of at least 4 members (excludes halogenated alkanes) is 2. The fraction of sp³-hybridized carbons (Fsp3) is 0.488. The van der Waals surface area contributed by atoms with E-state index in [0.717, 1.165) is 67.7 Å². The van der Waals surface area contributed by atoms with Gasteiger partial charge in [-0.1, -0.05) is 72.8 Å². The van der Waals surface area contributed by atoms with Crippen molar-refractivity contribution < 1.29 is 27.4 Å². The third kappa shape index (κ3) is 17.7. The second-order valence-corrected chi connectivity index (χ2v) is 17.1. The van der Waals surface area contributed by atoms with Crippen molar-refractivity contribution in [3.05, 3.63) is 95.1 Å². The van der Waals surface area contributed by atoms with E-state index in [1.807, 2.05) is 0 Å². The monoisotopic (exact) mass is 673 g/mol. The number of rotatable bonds is 21. The van der Waals surface area contributed by atoms with Crippen LogP contribution in [-0.2, 0) is 0 Å². The Kier molecular flexibility index (Phi) is 15.1. The highest BCUT2D eigenvalue weighted by atomic mass is 16.5. The van der Waals surface area contributed by atoms with Crippen molar-refractivity contribution in [3.8, 4) is 11.5 Å². The first-order valence-corrected chi connectivity index (χ1v) is 18.1. The maximum Gasteiger partial charge on any atom is 0.206 e. The fourth-order valence-corrected chi connectivity index (χ4v) is 6.02. The van der Waals surface area contributed by atoms with Crippen molar-refractivity contribution in [1.29, 1.82) is 0 Å². The van der Waals surface area contributed by atoms with Crippen LogP contribution in [0.25, 0.3) is 24.3 Å². The summed E-state index contributed by atoms with van der Waals surface area (Å²) in [6.07, 6.45) is 13.1. The van der Waals surface area contributed by atoms with Crippen molar-refractivity contribution >= 4 is 24.3 Å². The smallest absolute Gasteiger partial charge is 0.206 e. The molecule has 0 amide bonds. The first kappa shape index (κ1) is 40.0. The molecule has 49 heavy (non-hydrogen) atoms. The number of likely N-dealkylation sites (N-methyl/N-ethyl adjacent to an activating group) is 2. The van der Waals surface area contributed by atoms with E-state index in [2.05, 4.69) is 168 Å². The maximum absolute atomic E-state index is 6.02. The standard InChI is InChI=1S/C43H68N4O2/c1-44(2,3)33-34-46(7,8)31-11-13-35-48-42-27-23-40(24-28-42)21-19-38-15-17-39(18-16-38)20-22-41-25-29-43(30-26-41)49-36-14-12-32-47(9,10)37-45(4,5)6/h15-30H,11-14,31-37H2,1-10H3/q+4/b21-19+,22-20+. The predicted octanol–water partition coefficient (Wildman–Crippen LogP) is 7.87. The van der Waals surface area contributed by atoms with E-state index in [0.29, 0.717) is 0 Å². The highest BCUT2D eigenvalue weighted by Gasteiger charge is 2.23. The molecule has 0 unspecified atom stereocenters. The quantitative estimate of drug-likeness (QED) is 0.0497. The Morgan fingerprint density at radius 2 is 0.735 bits per heavy atom. The van der Waals surface area contributed by atoms with Gasteiger partial charge >= 0.3 is 0 Å². The van der Waals surface area contributed by atoms with Gasteiger partial charge in [-0.15, -0.1) is 0 Å². The Morgan fingerprint density at radius 3 is 1.08 bits per heavy atom. The molecule has 0 heterocycles. The minimum Gasteiger partial charge on any atom is -0.494 e. The second-order valence-electron chi connectivity index (χ2n) is 17.1. The van der Waals surface area contributed by atoms with Crippen LogP contribution >= 0.6 is 0 Å². The number of hydrogen-bond donors (Lipinski definition) is 0. The van der Waals surface area contributed by atoms with Crippen LogP contribution < -0.4 is 9.47 Å². The van der Waals surface area contributed by atoms with Gasteiger partial charge in [-0.3, -0.25) is 8.97 Å². The Morgan fingerprint density at radius 1 is 0.388 bits per heavy atom. The Hall–Kier alpha value is -3.42. The zero-order valence-electron chi connectivity index (χ0n) is 32.6. The summed E-state index contributed by atoms with van der Waals surface area (Å²) in [5.74, 6) is 1.88. The van der Waals surface area contributed by atoms with Crippen molar-refractivity contribution in [2.75, 3.05) is 117 Å². The molecule has 0 aliphatic heterocycles. The molecule has 6 nitrogen and oxygen atoms in total. The van der Waals surface area contributed by atoms with Crippen LogP contribution in [-0.4, -0.2) is 134 Å². The van der Waals surface area contributed by atoms with E-state index in [1.54, 1.807) is 0 Å². The molecule has 0 spiro atoms. The van der Waals surface area contributed by atoms with Gasteiger partial charge in [0.15, 0.2) is 0 Å². The molecule has 0 fully saturated rings. The maximum atomic E-state index is 6.02. The first-order chi connectivity index (χ1) is 23.0. The van der Waals surface area contributed by atoms with Gasteiger partial charge in [0.1, 0.15) is 24.6 Å². The Labute approximate surface area is 299 Å². The molecule has 6 heteroatoms. The molecule has 268 valence electrons. The van der Waals surface area contributed by atoms with Gasteiger partial charge in [0.2, 0.25) is 6.67 Å². The van der Waals surface area contributed by atoms with Gasteiger partial charge in [0.25, 0.3) is 0 Å². The normalized spacial score (nSPS) is 13.0. The number of benzene rings is 3. The largest absolute Gasteiger partial charge is 0.494 e. The van der Waals surface area contributed by atoms with Crippen molar-refractivity contribution in [1.82, 2.24) is 0 Å². The summed E-state index contributed by atoms with van der Waals surface area (Å²) in [6, 6.07) is 25.4. The van der Waals surface area contributed by atoms with Crippen molar-refractivity contribution in [2.24, 2.45) is 0 Å². The predicted molar refractivity (Wildman–Crippen MR) is 211 cm³/mol. The summed E-state index contributed by atoms with van der Waals surface area (Å²) >= 11 is 0. The number of ether oxygens (including phenoxy) is 2. The minimum atomic E-state index is 0.760. The molecule has 0 N–H and O–H groups in total. The molecular weight excluding hydrogens is 604 g/mol. The lowest BCUT2D eigenvalue weighted by molar-refractivity contribution is -1.06. The second kappa shape index (κ2) is 18.5. The van der Waals surface area contributed by atoms with Crippen LogP contribution in [0, 0.1) is 0 Å². The third-order valence-corrected chi connectivity index (χ3v) is 8.67. The lowest BCUT2D eigenvalue weighted by Crippen LogP contribution is -2.54. The van der Waals surface area contributed by atoms with E-state index in [4.69, 9.17) is 9.47 Å². The SMILES string of the molecule is C[N+](C)(C)CC[N+](C)(C)CCCCOc1ccc(/C=C/c2ccc(/C=C/c3ccc(OCCCC[N+](C)(C)C[N+](C)(C)C)cc3)cc2)cc1. The molecule has 0 saturated carbocycles. The summed E-state index contributed by atoms with van der Waals surface area (Å²) < 4.78 is 16.1. The van der Waals surface area contributed by atoms with Crippen LogP contribution in [0.2, 0.25) is 0 Å². The topological polar surface area (TPSA) is 18.5 Å². The number of nitrogens with zero attached hydrogens (tertiary/aromatic N) is 4. The molecule has 0 saturated heterocycles. The average Bonchev–Trinajstić information content (AvgIpc) is 3.02. The zero-order valence-corrected chi connectivity index (χ0v) is 32.6. The van der Waals surface area contributed by atoms with Crippen LogP contribution in [0.1, 0.15) is 47.9 Å². The van der Waals surface area contributed by atoms with Crippen LogP contribution in [0.3, 0.4) is 0 Å². The fourth-order valence-electron chi connectivity index (χ4n) is 6.02. The average molecular weight is 673 g/mol. The Bertz CT molecular complexity index is 1430. The summed E-state index contributed by atoms with van der Waals surface area (Å²) in [7, 11) is 22.9. The van der Waals surface area contributed by atoms with E-state index in [1.165, 1.54) is 55.7 Å². The molecule has 0 aliphatic carbocycles. The zero-order chi connectivity index (χ0) is 36.0. The van der Waals surface area contributed by atoms with Crippen LogP contribution in [0.4, 0.5) is 0 Å². The third-order valence-electron chi connectivity index (χ3n) is 8.67. The molecular formula is C43H68N4O2+4. The van der Waals surface area contributed by atoms with Gasteiger partial charge in [-0.2, -0.15) is 0 Å². The van der Waals surface area contributed by atoms with Gasteiger partial charge in [-0.05, 0) is 72.2 Å². The van der Waals surface area contributed by atoms with Gasteiger partial charge in [-0.25, -0.2) is 0 Å². The molecule has 0 aliphatic rings. The summed E-state index contributed by atoms with van der Waals surface area (Å²) in [5.41, 5.74) is 4.69. The highest BCUT2D eigenvalue weighted by Crippen LogP contribution is 2.18. The summed E-state index contributed by atoms with van der Waals surface area (Å²) in [5, 5.41) is 0. The number of hydrogen-bond acceptors (Lipinski definition) is 2. The van der Waals surface area contributed by atoms with Crippen molar-refractivity contribution in [3.63, 3.8) is 0 Å². The molecule has 3 rings (SSSR count). The van der Waals surface area contributed by atoms with E-state index in [-0.39, 0.29) is 0 Å². The minimum absolute atomic E-state index is 0.760. The van der Waals surface area contributed by atoms with E-state index < -0.39 is 0 Å². The lowest BCUT2D eigenvalue weighted by Gasteiger charge is -2.36. The van der Waals surface area contributed by atoms with Crippen LogP contribution in [0.5, 0.6) is 11.5 Å². The van der Waals surface area contributed by atoms with E-state index in [9.17, 15) is 0 Å². The highest BCUT2D eigenvalue weighted by molar-refractivity contribution is 5.73. The van der Waals surface area contributed by atoms with Crippen molar-refractivity contribution in [2.45, 2.75) is 25.7 Å². The molecule has 3 aromatic rings. The van der Waals surface area contributed by atoms with Gasteiger partial charge in [0, 0.05) is 0 Å². The lowest BCUT2D eigenvalue weighted by atomic mass is 10.1. The van der Waals surface area contributed by atoms with E-state index >= 15 is 0 Å². The summed E-state index contributed by atoms with van der Waals surface area (Å²) in [4.78, 5) is 0. The summed E-state index contributed by atoms with van der Waals surface area (Å²) in [6.45, 7) is 7.39. The molecule has 0 aromatic heterocycles. The van der Waals surface area contributed by atoms with Gasteiger partial charge < -0.3 is 18.4 Å².